The van der Waals surface area contributed by atoms with E-state index in [4.69, 9.17) is 17.3 Å². The fourth-order valence-corrected chi connectivity index (χ4v) is 3.31. The zero-order valence-electron chi connectivity index (χ0n) is 16.7. The maximum absolute atomic E-state index is 11.9. The molecule has 1 saturated carbocycles. The highest BCUT2D eigenvalue weighted by Crippen LogP contribution is 2.31. The van der Waals surface area contributed by atoms with Gasteiger partial charge in [-0.3, -0.25) is 0 Å². The molecular formula is C21H24ClN7O. The third kappa shape index (κ3) is 4.83. The number of anilines is 4. The van der Waals surface area contributed by atoms with E-state index in [0.29, 0.717) is 22.3 Å². The number of hydrogen-bond donors (Lipinski definition) is 4. The Kier molecular flexibility index (Phi) is 5.76. The molecule has 0 atom stereocenters. The molecule has 2 aromatic rings. The molecule has 1 aromatic carbocycles. The minimum atomic E-state index is -0.238. The molecule has 0 saturated heterocycles. The van der Waals surface area contributed by atoms with Crippen LogP contribution >= 0.6 is 11.6 Å². The van der Waals surface area contributed by atoms with E-state index in [0.717, 1.165) is 42.8 Å². The lowest BCUT2D eigenvalue weighted by Crippen LogP contribution is -2.30. The summed E-state index contributed by atoms with van der Waals surface area (Å²) in [5.41, 5.74) is 9.10. The Balaban J connectivity index is 1.47. The summed E-state index contributed by atoms with van der Waals surface area (Å²) < 4.78 is 0. The van der Waals surface area contributed by atoms with Crippen molar-refractivity contribution in [1.82, 2.24) is 15.3 Å². The van der Waals surface area contributed by atoms with Crippen LogP contribution in [-0.4, -0.2) is 29.1 Å². The zero-order valence-corrected chi connectivity index (χ0v) is 17.4. The third-order valence-electron chi connectivity index (χ3n) is 4.98. The van der Waals surface area contributed by atoms with Crippen LogP contribution in [0.1, 0.15) is 25.7 Å². The lowest BCUT2D eigenvalue weighted by molar-refractivity contribution is 0.251. The first-order valence-corrected chi connectivity index (χ1v) is 10.2. The highest BCUT2D eigenvalue weighted by atomic mass is 35.5. The zero-order chi connectivity index (χ0) is 21.1. The molecular weight excluding hydrogens is 402 g/mol. The summed E-state index contributed by atoms with van der Waals surface area (Å²) in [6.45, 7) is 0. The summed E-state index contributed by atoms with van der Waals surface area (Å²) in [7, 11) is 1.89. The van der Waals surface area contributed by atoms with Crippen LogP contribution in [0, 0.1) is 0 Å². The molecule has 2 aliphatic carbocycles. The molecule has 8 nitrogen and oxygen atoms in total. The minimum Gasteiger partial charge on any atom is -0.397 e. The second kappa shape index (κ2) is 8.62. The monoisotopic (exact) mass is 425 g/mol. The van der Waals surface area contributed by atoms with Crippen molar-refractivity contribution in [1.29, 1.82) is 0 Å². The van der Waals surface area contributed by atoms with Crippen LogP contribution in [0.2, 0.25) is 5.02 Å². The number of nitrogens with zero attached hydrogens (tertiary/aromatic N) is 3. The maximum Gasteiger partial charge on any atom is 0.319 e. The second-order valence-corrected chi connectivity index (χ2v) is 7.76. The molecule has 0 radical (unpaired) electrons. The molecule has 30 heavy (non-hydrogen) atoms. The quantitative estimate of drug-likeness (QED) is 0.554. The summed E-state index contributed by atoms with van der Waals surface area (Å²) in [6, 6.07) is 7.34. The molecule has 0 spiro atoms. The van der Waals surface area contributed by atoms with Crippen molar-refractivity contribution in [3.8, 4) is 0 Å². The van der Waals surface area contributed by atoms with Gasteiger partial charge in [0.25, 0.3) is 0 Å². The molecule has 2 aliphatic rings. The Labute approximate surface area is 180 Å². The average Bonchev–Trinajstić information content (AvgIpc) is 3.55. The number of carbonyl (C=O) groups is 1. The number of amides is 2. The van der Waals surface area contributed by atoms with E-state index >= 15 is 0 Å². The van der Waals surface area contributed by atoms with Crippen molar-refractivity contribution in [2.75, 3.05) is 22.6 Å². The number of benzene rings is 1. The number of nitrogens with two attached hydrogens (primary N) is 1. The van der Waals surface area contributed by atoms with Crippen LogP contribution < -0.4 is 26.6 Å². The van der Waals surface area contributed by atoms with Gasteiger partial charge in [-0.2, -0.15) is 0 Å². The lowest BCUT2D eigenvalue weighted by atomic mass is 10.1. The first kappa shape index (κ1) is 20.0. The number of nitrogens with one attached hydrogen (secondary N) is 3. The van der Waals surface area contributed by atoms with Gasteiger partial charge in [0.2, 0.25) is 0 Å². The number of urea groups is 1. The molecule has 4 rings (SSSR count). The van der Waals surface area contributed by atoms with Gasteiger partial charge in [0, 0.05) is 30.5 Å². The molecule has 2 amide bonds. The highest BCUT2D eigenvalue weighted by molar-refractivity contribution is 6.34. The molecule has 1 fully saturated rings. The van der Waals surface area contributed by atoms with Gasteiger partial charge >= 0.3 is 6.03 Å². The topological polar surface area (TPSA) is 108 Å². The van der Waals surface area contributed by atoms with Crippen molar-refractivity contribution in [3.63, 3.8) is 0 Å². The van der Waals surface area contributed by atoms with Gasteiger partial charge < -0.3 is 26.6 Å². The SMILES string of the molecule is CN(c1ccc(NC(=O)NC2CC2)c(Cl)c1)c1cc(NC2=C(N)C=CCC2)ncn1. The molecule has 1 heterocycles. The van der Waals surface area contributed by atoms with Crippen molar-refractivity contribution < 1.29 is 4.79 Å². The van der Waals surface area contributed by atoms with Gasteiger partial charge in [0.15, 0.2) is 0 Å². The third-order valence-corrected chi connectivity index (χ3v) is 5.30. The van der Waals surface area contributed by atoms with E-state index in [1.165, 1.54) is 6.33 Å². The predicted molar refractivity (Wildman–Crippen MR) is 120 cm³/mol. The number of allylic oxidation sites excluding steroid dienone is 3. The fourth-order valence-electron chi connectivity index (χ4n) is 3.09. The first-order chi connectivity index (χ1) is 14.5. The molecule has 0 bridgehead atoms. The van der Waals surface area contributed by atoms with Crippen LogP contribution in [-0.2, 0) is 0 Å². The fraction of sp³-hybridized carbons (Fsp3) is 0.286. The van der Waals surface area contributed by atoms with Gasteiger partial charge in [-0.15, -0.1) is 0 Å². The van der Waals surface area contributed by atoms with Crippen molar-refractivity contribution >= 4 is 40.6 Å². The maximum atomic E-state index is 11.9. The molecule has 5 N–H and O–H groups in total. The van der Waals surface area contributed by atoms with Gasteiger partial charge in [-0.05, 0) is 50.0 Å². The van der Waals surface area contributed by atoms with E-state index in [1.807, 2.05) is 30.2 Å². The first-order valence-electron chi connectivity index (χ1n) is 9.84. The van der Waals surface area contributed by atoms with Crippen LogP contribution in [0.25, 0.3) is 0 Å². The molecule has 156 valence electrons. The van der Waals surface area contributed by atoms with E-state index in [9.17, 15) is 4.79 Å². The number of aromatic nitrogens is 2. The lowest BCUT2D eigenvalue weighted by Gasteiger charge is -2.21. The van der Waals surface area contributed by atoms with Crippen molar-refractivity contribution in [3.05, 3.63) is 59.2 Å². The highest BCUT2D eigenvalue weighted by Gasteiger charge is 2.23. The summed E-state index contributed by atoms with van der Waals surface area (Å²) in [5.74, 6) is 1.36. The predicted octanol–water partition coefficient (Wildman–Crippen LogP) is 4.11. The Morgan fingerprint density at radius 2 is 2.10 bits per heavy atom. The number of carbonyl (C=O) groups excluding carboxylic acids is 1. The van der Waals surface area contributed by atoms with E-state index < -0.39 is 0 Å². The van der Waals surface area contributed by atoms with Crippen LogP contribution in [0.3, 0.4) is 0 Å². The van der Waals surface area contributed by atoms with E-state index in [1.54, 1.807) is 12.1 Å². The van der Waals surface area contributed by atoms with Crippen molar-refractivity contribution in [2.45, 2.75) is 31.7 Å². The van der Waals surface area contributed by atoms with Gasteiger partial charge in [-0.25, -0.2) is 14.8 Å². The van der Waals surface area contributed by atoms with E-state index in [2.05, 4.69) is 32.0 Å². The Hall–Kier alpha value is -3.26. The van der Waals surface area contributed by atoms with E-state index in [-0.39, 0.29) is 12.1 Å². The summed E-state index contributed by atoms with van der Waals surface area (Å²) in [4.78, 5) is 22.5. The normalized spacial score (nSPS) is 15.7. The molecule has 9 heteroatoms. The number of hydrogen-bond acceptors (Lipinski definition) is 6. The Morgan fingerprint density at radius 1 is 1.27 bits per heavy atom. The average molecular weight is 426 g/mol. The second-order valence-electron chi connectivity index (χ2n) is 7.36. The largest absolute Gasteiger partial charge is 0.397 e. The number of halogens is 1. The summed E-state index contributed by atoms with van der Waals surface area (Å²) in [5, 5.41) is 9.40. The number of rotatable bonds is 6. The smallest absolute Gasteiger partial charge is 0.319 e. The van der Waals surface area contributed by atoms with Crippen LogP contribution in [0.5, 0.6) is 0 Å². The van der Waals surface area contributed by atoms with Gasteiger partial charge in [0.05, 0.1) is 16.4 Å². The van der Waals surface area contributed by atoms with Crippen LogP contribution in [0.15, 0.2) is 54.1 Å². The standard InChI is InChI=1S/C21H24ClN7O/c1-29(14-8-9-17(15(22)10-14)28-21(30)26-13-6-7-13)20-11-19(24-12-25-20)27-18-5-3-2-4-16(18)23/h2,4,8-13H,3,5-7,23H2,1H3,(H,24,25,27)(H2,26,28,30). The summed E-state index contributed by atoms with van der Waals surface area (Å²) >= 11 is 6.39. The molecule has 0 aliphatic heterocycles. The van der Waals surface area contributed by atoms with Crippen LogP contribution in [0.4, 0.5) is 27.8 Å². The molecule has 1 aromatic heterocycles. The summed E-state index contributed by atoms with van der Waals surface area (Å²) in [6.07, 6.45) is 9.31. The molecule has 0 unspecified atom stereocenters. The van der Waals surface area contributed by atoms with Gasteiger partial charge in [0.1, 0.15) is 18.0 Å². The Bertz CT molecular complexity index is 1020. The minimum absolute atomic E-state index is 0.238. The van der Waals surface area contributed by atoms with Gasteiger partial charge in [-0.1, -0.05) is 17.7 Å². The Morgan fingerprint density at radius 3 is 2.83 bits per heavy atom. The van der Waals surface area contributed by atoms with Crippen molar-refractivity contribution in [2.24, 2.45) is 5.73 Å².